The van der Waals surface area contributed by atoms with Crippen LogP contribution in [0, 0.1) is 12.8 Å². The van der Waals surface area contributed by atoms with Crippen molar-refractivity contribution in [3.8, 4) is 5.88 Å². The summed E-state index contributed by atoms with van der Waals surface area (Å²) in [6, 6.07) is 5.69. The molecule has 1 N–H and O–H groups in total. The molecule has 9 heteroatoms. The number of carbonyl (C=O) groups excluding carboxylic acids is 2. The number of alkyl halides is 3. The van der Waals surface area contributed by atoms with Gasteiger partial charge in [-0.1, -0.05) is 6.07 Å². The summed E-state index contributed by atoms with van der Waals surface area (Å²) in [7, 11) is 0. The minimum absolute atomic E-state index is 0.124. The highest BCUT2D eigenvalue weighted by molar-refractivity contribution is 5.95. The molecular weight excluding hydrogens is 411 g/mol. The topological polar surface area (TPSA) is 81.2 Å². The number of ketones is 1. The predicted octanol–water partition coefficient (Wildman–Crippen LogP) is 4.13. The Morgan fingerprint density at radius 3 is 2.61 bits per heavy atom. The zero-order valence-electron chi connectivity index (χ0n) is 17.3. The van der Waals surface area contributed by atoms with Crippen molar-refractivity contribution < 1.29 is 27.5 Å². The van der Waals surface area contributed by atoms with Crippen LogP contribution in [-0.2, 0) is 11.2 Å². The van der Waals surface area contributed by atoms with Crippen molar-refractivity contribution in [3.63, 3.8) is 0 Å². The molecule has 0 spiro atoms. The average molecular weight is 435 g/mol. The maximum Gasteiger partial charge on any atom is 0.422 e. The van der Waals surface area contributed by atoms with Crippen LogP contribution in [0.25, 0.3) is 0 Å². The van der Waals surface area contributed by atoms with Gasteiger partial charge in [-0.15, -0.1) is 0 Å². The van der Waals surface area contributed by atoms with E-state index in [0.29, 0.717) is 34.9 Å². The summed E-state index contributed by atoms with van der Waals surface area (Å²) in [5, 5.41) is 2.83. The standard InChI is InChI=1S/C22H24F3N3O3/c1-13-7-17(9-18(27-13)10-19(29)8-15-3-4-15)21(30)28-14(2)16-5-6-20(26-11-16)31-12-22(23,24)25/h5-7,9,11,14-15H,3-4,8,10,12H2,1-2H3,(H,28,30). The summed E-state index contributed by atoms with van der Waals surface area (Å²) in [4.78, 5) is 33.0. The third kappa shape index (κ3) is 7.34. The highest BCUT2D eigenvalue weighted by atomic mass is 19.4. The minimum Gasteiger partial charge on any atom is -0.468 e. The maximum absolute atomic E-state index is 12.7. The van der Waals surface area contributed by atoms with Crippen LogP contribution in [0.1, 0.15) is 59.5 Å². The monoisotopic (exact) mass is 435 g/mol. The smallest absolute Gasteiger partial charge is 0.422 e. The fourth-order valence-electron chi connectivity index (χ4n) is 3.13. The lowest BCUT2D eigenvalue weighted by atomic mass is 10.1. The van der Waals surface area contributed by atoms with E-state index in [1.54, 1.807) is 32.0 Å². The van der Waals surface area contributed by atoms with Gasteiger partial charge in [-0.2, -0.15) is 13.2 Å². The number of hydrogen-bond donors (Lipinski definition) is 1. The summed E-state index contributed by atoms with van der Waals surface area (Å²) in [5.41, 5.74) is 2.21. The number of Topliss-reactive ketones (excluding diaryl/α,β-unsaturated/α-hetero) is 1. The van der Waals surface area contributed by atoms with Crippen LogP contribution in [-0.4, -0.2) is 34.4 Å². The number of carbonyl (C=O) groups is 2. The Labute approximate surface area is 178 Å². The lowest BCUT2D eigenvalue weighted by Gasteiger charge is -2.15. The van der Waals surface area contributed by atoms with E-state index in [9.17, 15) is 22.8 Å². The summed E-state index contributed by atoms with van der Waals surface area (Å²) >= 11 is 0. The summed E-state index contributed by atoms with van der Waals surface area (Å²) in [6.07, 6.45) is -0.116. The molecule has 1 amide bonds. The van der Waals surface area contributed by atoms with Crippen molar-refractivity contribution in [2.45, 2.75) is 51.7 Å². The molecular formula is C22H24F3N3O3. The van der Waals surface area contributed by atoms with E-state index in [4.69, 9.17) is 0 Å². The number of pyridine rings is 2. The second-order valence-electron chi connectivity index (χ2n) is 7.88. The Balaban J connectivity index is 1.60. The fourth-order valence-corrected chi connectivity index (χ4v) is 3.13. The second kappa shape index (κ2) is 9.45. The third-order valence-corrected chi connectivity index (χ3v) is 4.85. The molecule has 1 fully saturated rings. The van der Waals surface area contributed by atoms with Gasteiger partial charge >= 0.3 is 6.18 Å². The van der Waals surface area contributed by atoms with Gasteiger partial charge in [-0.05, 0) is 50.3 Å². The van der Waals surface area contributed by atoms with Gasteiger partial charge in [0.05, 0.1) is 6.04 Å². The first-order chi connectivity index (χ1) is 14.6. The quantitative estimate of drug-likeness (QED) is 0.641. The van der Waals surface area contributed by atoms with Crippen molar-refractivity contribution in [1.82, 2.24) is 15.3 Å². The molecule has 2 aromatic rings. The molecule has 1 atom stereocenters. The summed E-state index contributed by atoms with van der Waals surface area (Å²) in [5.74, 6) is 0.134. The van der Waals surface area contributed by atoms with Gasteiger partial charge in [0.25, 0.3) is 5.91 Å². The van der Waals surface area contributed by atoms with Gasteiger partial charge in [0.1, 0.15) is 5.78 Å². The van der Waals surface area contributed by atoms with Crippen molar-refractivity contribution in [1.29, 1.82) is 0 Å². The normalized spacial score (nSPS) is 14.7. The minimum atomic E-state index is -4.44. The number of aromatic nitrogens is 2. The Hall–Kier alpha value is -2.97. The first kappa shape index (κ1) is 22.7. The highest BCUT2D eigenvalue weighted by Crippen LogP contribution is 2.32. The maximum atomic E-state index is 12.7. The number of amides is 1. The average Bonchev–Trinajstić information content (AvgIpc) is 3.49. The van der Waals surface area contributed by atoms with Crippen LogP contribution < -0.4 is 10.1 Å². The molecule has 2 heterocycles. The Bertz CT molecular complexity index is 941. The molecule has 0 radical (unpaired) electrons. The van der Waals surface area contributed by atoms with Gasteiger partial charge in [0.2, 0.25) is 5.88 Å². The Morgan fingerprint density at radius 2 is 2.00 bits per heavy atom. The number of ether oxygens (including phenoxy) is 1. The first-order valence-corrected chi connectivity index (χ1v) is 10.0. The molecule has 6 nitrogen and oxygen atoms in total. The highest BCUT2D eigenvalue weighted by Gasteiger charge is 2.28. The van der Waals surface area contributed by atoms with Gasteiger partial charge in [-0.3, -0.25) is 14.6 Å². The lowest BCUT2D eigenvalue weighted by Crippen LogP contribution is -2.27. The Kier molecular flexibility index (Phi) is 6.92. The molecule has 0 saturated heterocycles. The molecule has 0 aromatic carbocycles. The molecule has 1 aliphatic rings. The number of aryl methyl sites for hydroxylation is 1. The molecule has 2 aromatic heterocycles. The van der Waals surface area contributed by atoms with Crippen molar-refractivity contribution in [2.24, 2.45) is 5.92 Å². The first-order valence-electron chi connectivity index (χ1n) is 10.0. The third-order valence-electron chi connectivity index (χ3n) is 4.85. The predicted molar refractivity (Wildman–Crippen MR) is 107 cm³/mol. The van der Waals surface area contributed by atoms with Crippen LogP contribution in [0.2, 0.25) is 0 Å². The molecule has 31 heavy (non-hydrogen) atoms. The van der Waals surface area contributed by atoms with Crippen LogP contribution in [0.5, 0.6) is 5.88 Å². The van der Waals surface area contributed by atoms with E-state index in [2.05, 4.69) is 20.0 Å². The van der Waals surface area contributed by atoms with E-state index >= 15 is 0 Å². The zero-order chi connectivity index (χ0) is 22.6. The van der Waals surface area contributed by atoms with Crippen molar-refractivity contribution in [2.75, 3.05) is 6.61 Å². The molecule has 1 unspecified atom stereocenters. The van der Waals surface area contributed by atoms with E-state index in [1.807, 2.05) is 0 Å². The van der Waals surface area contributed by atoms with Crippen LogP contribution in [0.3, 0.4) is 0 Å². The number of rotatable bonds is 9. The fraction of sp³-hybridized carbons (Fsp3) is 0.455. The van der Waals surface area contributed by atoms with Crippen molar-refractivity contribution >= 4 is 11.7 Å². The number of halogens is 3. The molecule has 1 aliphatic carbocycles. The number of nitrogens with zero attached hydrogens (tertiary/aromatic N) is 2. The number of hydrogen-bond acceptors (Lipinski definition) is 5. The summed E-state index contributed by atoms with van der Waals surface area (Å²) in [6.45, 7) is 2.08. The van der Waals surface area contributed by atoms with Gasteiger partial charge in [0.15, 0.2) is 6.61 Å². The lowest BCUT2D eigenvalue weighted by molar-refractivity contribution is -0.154. The molecule has 0 bridgehead atoms. The van der Waals surface area contributed by atoms with Gasteiger partial charge in [-0.25, -0.2) is 4.98 Å². The van der Waals surface area contributed by atoms with E-state index in [0.717, 1.165) is 12.8 Å². The van der Waals surface area contributed by atoms with E-state index in [-0.39, 0.29) is 24.0 Å². The summed E-state index contributed by atoms with van der Waals surface area (Å²) < 4.78 is 41.2. The molecule has 0 aliphatic heterocycles. The van der Waals surface area contributed by atoms with Crippen LogP contribution in [0.4, 0.5) is 13.2 Å². The zero-order valence-corrected chi connectivity index (χ0v) is 17.3. The molecule has 3 rings (SSSR count). The molecule has 166 valence electrons. The van der Waals surface area contributed by atoms with Crippen molar-refractivity contribution in [3.05, 3.63) is 53.0 Å². The van der Waals surface area contributed by atoms with E-state index in [1.165, 1.54) is 12.3 Å². The Morgan fingerprint density at radius 1 is 1.26 bits per heavy atom. The molecule has 1 saturated carbocycles. The largest absolute Gasteiger partial charge is 0.468 e. The second-order valence-corrected chi connectivity index (χ2v) is 7.88. The van der Waals surface area contributed by atoms with Gasteiger partial charge < -0.3 is 10.1 Å². The number of nitrogens with one attached hydrogen (secondary N) is 1. The van der Waals surface area contributed by atoms with E-state index < -0.39 is 18.8 Å². The van der Waals surface area contributed by atoms with Gasteiger partial charge in [0, 0.05) is 42.1 Å². The van der Waals surface area contributed by atoms with Crippen LogP contribution in [0.15, 0.2) is 30.5 Å². The SMILES string of the molecule is Cc1cc(C(=O)NC(C)c2ccc(OCC(F)(F)F)nc2)cc(CC(=O)CC2CC2)n1. The van der Waals surface area contributed by atoms with Crippen LogP contribution >= 0.6 is 0 Å².